The predicted molar refractivity (Wildman–Crippen MR) is 96.8 cm³/mol. The molecule has 152 valence electrons. The Balaban J connectivity index is 2.34. The lowest BCUT2D eigenvalue weighted by Gasteiger charge is -2.43. The zero-order chi connectivity index (χ0) is 20.7. The number of hydrogen-bond acceptors (Lipinski definition) is 8. The molecule has 0 aliphatic carbocycles. The van der Waals surface area contributed by atoms with Crippen molar-refractivity contribution in [1.29, 1.82) is 0 Å². The van der Waals surface area contributed by atoms with Crippen LogP contribution in [0.5, 0.6) is 0 Å². The van der Waals surface area contributed by atoms with Crippen LogP contribution in [-0.2, 0) is 44.7 Å². The first-order valence-corrected chi connectivity index (χ1v) is 8.77. The second-order valence-corrected chi connectivity index (χ2v) is 6.22. The van der Waals surface area contributed by atoms with Gasteiger partial charge in [0.05, 0.1) is 6.61 Å². The van der Waals surface area contributed by atoms with Crippen molar-refractivity contribution in [1.82, 2.24) is 0 Å². The molecule has 1 aromatic rings. The van der Waals surface area contributed by atoms with E-state index in [1.165, 1.54) is 26.8 Å². The van der Waals surface area contributed by atoms with Gasteiger partial charge in [-0.25, -0.2) is 0 Å². The Labute approximate surface area is 163 Å². The van der Waals surface area contributed by atoms with Crippen LogP contribution in [0.4, 0.5) is 0 Å². The van der Waals surface area contributed by atoms with Crippen LogP contribution in [0, 0.1) is 0 Å². The highest BCUT2D eigenvalue weighted by Gasteiger charge is 2.51. The molecule has 0 amide bonds. The van der Waals surface area contributed by atoms with E-state index in [0.717, 1.165) is 5.56 Å². The fourth-order valence-corrected chi connectivity index (χ4v) is 2.88. The van der Waals surface area contributed by atoms with Gasteiger partial charge in [0.25, 0.3) is 0 Å². The third kappa shape index (κ3) is 5.90. The van der Waals surface area contributed by atoms with Crippen LogP contribution in [-0.4, -0.2) is 48.6 Å². The molecule has 1 heterocycles. The molecular weight excluding hydrogens is 368 g/mol. The molecule has 0 bridgehead atoms. The molecule has 1 fully saturated rings. The molecule has 1 aromatic carbocycles. The van der Waals surface area contributed by atoms with E-state index in [2.05, 4.69) is 6.58 Å². The molecule has 0 saturated carbocycles. The third-order valence-electron chi connectivity index (χ3n) is 3.93. The van der Waals surface area contributed by atoms with Crippen molar-refractivity contribution in [3.05, 3.63) is 48.6 Å². The van der Waals surface area contributed by atoms with Gasteiger partial charge in [0.15, 0.2) is 12.2 Å². The van der Waals surface area contributed by atoms with Crippen molar-refractivity contribution in [2.45, 2.75) is 58.1 Å². The lowest BCUT2D eigenvalue weighted by Crippen LogP contribution is -2.61. The SMILES string of the molecule is C=CC1O[C@H](OC(C)=O)C(OC(C)=O)[C@H](OCc2ccccc2)[C@H]1OC(C)=O. The Bertz CT molecular complexity index is 701. The Morgan fingerprint density at radius 3 is 2.04 bits per heavy atom. The van der Waals surface area contributed by atoms with Gasteiger partial charge >= 0.3 is 17.9 Å². The maximum atomic E-state index is 11.6. The molecule has 2 rings (SSSR count). The topological polar surface area (TPSA) is 97.4 Å². The maximum Gasteiger partial charge on any atom is 0.305 e. The van der Waals surface area contributed by atoms with Crippen molar-refractivity contribution in [3.63, 3.8) is 0 Å². The fraction of sp³-hybridized carbons (Fsp3) is 0.450. The Kier molecular flexibility index (Phi) is 7.71. The number of carbonyl (C=O) groups is 3. The molecule has 0 spiro atoms. The molecule has 1 saturated heterocycles. The maximum absolute atomic E-state index is 11.6. The molecular formula is C20H24O8. The summed E-state index contributed by atoms with van der Waals surface area (Å²) in [6.07, 6.45) is -3.69. The van der Waals surface area contributed by atoms with Crippen LogP contribution in [0.3, 0.4) is 0 Å². The van der Waals surface area contributed by atoms with Gasteiger partial charge in [-0.05, 0) is 5.56 Å². The number of hydrogen-bond donors (Lipinski definition) is 0. The summed E-state index contributed by atoms with van der Waals surface area (Å²) in [5, 5.41) is 0. The lowest BCUT2D eigenvalue weighted by molar-refractivity contribution is -0.293. The van der Waals surface area contributed by atoms with Gasteiger partial charge in [-0.3, -0.25) is 14.4 Å². The summed E-state index contributed by atoms with van der Waals surface area (Å²) in [6.45, 7) is 7.48. The number of ether oxygens (including phenoxy) is 5. The molecule has 5 atom stereocenters. The van der Waals surface area contributed by atoms with Crippen molar-refractivity contribution in [2.75, 3.05) is 0 Å². The average molecular weight is 392 g/mol. The molecule has 0 radical (unpaired) electrons. The standard InChI is InChI=1S/C20H24O8/c1-5-16-17(25-12(2)21)18(24-11-15-9-7-6-8-10-15)19(26-13(3)22)20(28-16)27-14(4)23/h5-10,16-20H,1,11H2,2-4H3/t16?,17-,18+,19?,20-/m0/s1. The number of esters is 3. The zero-order valence-electron chi connectivity index (χ0n) is 16.0. The van der Waals surface area contributed by atoms with Gasteiger partial charge in [0.2, 0.25) is 6.29 Å². The van der Waals surface area contributed by atoms with Gasteiger partial charge in [0.1, 0.15) is 12.2 Å². The van der Waals surface area contributed by atoms with Gasteiger partial charge < -0.3 is 23.7 Å². The highest BCUT2D eigenvalue weighted by molar-refractivity contribution is 5.68. The predicted octanol–water partition coefficient (Wildman–Crippen LogP) is 1.91. The minimum absolute atomic E-state index is 0.150. The fourth-order valence-electron chi connectivity index (χ4n) is 2.88. The van der Waals surface area contributed by atoms with Crippen molar-refractivity contribution >= 4 is 17.9 Å². The van der Waals surface area contributed by atoms with E-state index in [4.69, 9.17) is 23.7 Å². The van der Waals surface area contributed by atoms with Gasteiger partial charge in [0, 0.05) is 20.8 Å². The van der Waals surface area contributed by atoms with E-state index >= 15 is 0 Å². The summed E-state index contributed by atoms with van der Waals surface area (Å²) in [5.74, 6) is -1.82. The van der Waals surface area contributed by atoms with E-state index in [1.807, 2.05) is 30.3 Å². The molecule has 8 heteroatoms. The quantitative estimate of drug-likeness (QED) is 0.394. The Hall–Kier alpha value is -2.71. The summed E-state index contributed by atoms with van der Waals surface area (Å²) in [7, 11) is 0. The summed E-state index contributed by atoms with van der Waals surface area (Å²) in [4.78, 5) is 34.8. The van der Waals surface area contributed by atoms with E-state index in [0.29, 0.717) is 0 Å². The van der Waals surface area contributed by atoms with Crippen molar-refractivity contribution in [2.24, 2.45) is 0 Å². The zero-order valence-corrected chi connectivity index (χ0v) is 16.0. The number of rotatable bonds is 7. The summed E-state index contributed by atoms with van der Waals surface area (Å²) in [5.41, 5.74) is 0.858. The minimum atomic E-state index is -1.24. The van der Waals surface area contributed by atoms with Crippen LogP contribution < -0.4 is 0 Å². The van der Waals surface area contributed by atoms with Gasteiger partial charge in [-0.2, -0.15) is 0 Å². The molecule has 0 aromatic heterocycles. The summed E-state index contributed by atoms with van der Waals surface area (Å²) in [6, 6.07) is 9.28. The second-order valence-electron chi connectivity index (χ2n) is 6.22. The Morgan fingerprint density at radius 1 is 0.929 bits per heavy atom. The van der Waals surface area contributed by atoms with Crippen LogP contribution in [0.25, 0.3) is 0 Å². The van der Waals surface area contributed by atoms with E-state index < -0.39 is 48.6 Å². The minimum Gasteiger partial charge on any atom is -0.456 e. The monoisotopic (exact) mass is 392 g/mol. The third-order valence-corrected chi connectivity index (χ3v) is 3.93. The first kappa shape index (κ1) is 21.6. The Morgan fingerprint density at radius 2 is 1.50 bits per heavy atom. The normalized spacial score (nSPS) is 26.8. The van der Waals surface area contributed by atoms with Gasteiger partial charge in [-0.1, -0.05) is 36.4 Å². The van der Waals surface area contributed by atoms with Crippen molar-refractivity contribution < 1.29 is 38.1 Å². The molecule has 1 aliphatic heterocycles. The molecule has 1 aliphatic rings. The van der Waals surface area contributed by atoms with Crippen LogP contribution >= 0.6 is 0 Å². The highest BCUT2D eigenvalue weighted by atomic mass is 16.7. The van der Waals surface area contributed by atoms with Crippen LogP contribution in [0.1, 0.15) is 26.3 Å². The number of carbonyl (C=O) groups excluding carboxylic acids is 3. The molecule has 2 unspecified atom stereocenters. The summed E-state index contributed by atoms with van der Waals surface area (Å²) >= 11 is 0. The average Bonchev–Trinajstić information content (AvgIpc) is 2.62. The lowest BCUT2D eigenvalue weighted by atomic mass is 9.97. The van der Waals surface area contributed by atoms with E-state index in [1.54, 1.807) is 0 Å². The smallest absolute Gasteiger partial charge is 0.305 e. The second kappa shape index (κ2) is 10.0. The molecule has 0 N–H and O–H groups in total. The van der Waals surface area contributed by atoms with Crippen molar-refractivity contribution in [3.8, 4) is 0 Å². The van der Waals surface area contributed by atoms with E-state index in [9.17, 15) is 14.4 Å². The first-order chi connectivity index (χ1) is 13.3. The number of benzene rings is 1. The largest absolute Gasteiger partial charge is 0.456 e. The van der Waals surface area contributed by atoms with Gasteiger partial charge in [-0.15, -0.1) is 6.58 Å². The molecule has 8 nitrogen and oxygen atoms in total. The van der Waals surface area contributed by atoms with E-state index in [-0.39, 0.29) is 6.61 Å². The first-order valence-electron chi connectivity index (χ1n) is 8.77. The van der Waals surface area contributed by atoms with Crippen LogP contribution in [0.2, 0.25) is 0 Å². The summed E-state index contributed by atoms with van der Waals surface area (Å²) < 4.78 is 27.5. The van der Waals surface area contributed by atoms with Crippen LogP contribution in [0.15, 0.2) is 43.0 Å². The highest BCUT2D eigenvalue weighted by Crippen LogP contribution is 2.30. The molecule has 28 heavy (non-hydrogen) atoms.